The largest absolute Gasteiger partial charge is 0.324 e. The Morgan fingerprint density at radius 1 is 1.43 bits per heavy atom. The third kappa shape index (κ3) is 4.66. The summed E-state index contributed by atoms with van der Waals surface area (Å²) in [7, 11) is -3.95. The zero-order valence-corrected chi connectivity index (χ0v) is 12.8. The molecule has 0 spiro atoms. The second-order valence-electron chi connectivity index (χ2n) is 4.75. The number of hydrogen-bond acceptors (Lipinski definition) is 6. The van der Waals surface area contributed by atoms with Crippen molar-refractivity contribution in [3.63, 3.8) is 0 Å². The number of nitro groups is 1. The van der Waals surface area contributed by atoms with Gasteiger partial charge in [-0.05, 0) is 25.5 Å². The van der Waals surface area contributed by atoms with Crippen LogP contribution >= 0.6 is 0 Å². The molecule has 1 unspecified atom stereocenters. The average Bonchev–Trinajstić information content (AvgIpc) is 2.43. The lowest BCUT2D eigenvalue weighted by Gasteiger charge is -2.14. The van der Waals surface area contributed by atoms with Gasteiger partial charge >= 0.3 is 0 Å². The molecular formula is C12H20N4O4S. The number of anilines is 1. The van der Waals surface area contributed by atoms with Gasteiger partial charge in [0, 0.05) is 12.1 Å². The number of nitrogens with one attached hydrogen (secondary N) is 2. The zero-order valence-electron chi connectivity index (χ0n) is 12.0. The molecule has 1 atom stereocenters. The van der Waals surface area contributed by atoms with Gasteiger partial charge in [-0.15, -0.1) is 0 Å². The number of hydrogen-bond donors (Lipinski definition) is 3. The molecule has 118 valence electrons. The molecule has 1 aromatic carbocycles. The highest BCUT2D eigenvalue weighted by Crippen LogP contribution is 2.27. The molecule has 1 rings (SSSR count). The Balaban J connectivity index is 3.10. The third-order valence-electron chi connectivity index (χ3n) is 2.96. The van der Waals surface area contributed by atoms with Gasteiger partial charge in [-0.1, -0.05) is 19.8 Å². The summed E-state index contributed by atoms with van der Waals surface area (Å²) in [6.45, 7) is 3.74. The summed E-state index contributed by atoms with van der Waals surface area (Å²) in [6, 6.07) is 3.34. The standard InChI is InChI=1S/C12H20N4O4S/c1-3-4-5-9(2)15-21(19,20)12-7-6-10(14-13)8-11(12)16(17)18/h6-9,14-15H,3-5,13H2,1-2H3. The lowest BCUT2D eigenvalue weighted by Crippen LogP contribution is -2.33. The fourth-order valence-electron chi connectivity index (χ4n) is 1.87. The van der Waals surface area contributed by atoms with E-state index in [-0.39, 0.29) is 16.6 Å². The fourth-order valence-corrected chi connectivity index (χ4v) is 3.31. The molecule has 0 saturated heterocycles. The van der Waals surface area contributed by atoms with Crippen LogP contribution in [0.15, 0.2) is 23.1 Å². The topological polar surface area (TPSA) is 127 Å². The summed E-state index contributed by atoms with van der Waals surface area (Å²) in [6.07, 6.45) is 2.50. The molecule has 0 amide bonds. The number of rotatable bonds is 8. The molecule has 0 aliphatic heterocycles. The molecule has 0 bridgehead atoms. The first-order chi connectivity index (χ1) is 9.81. The minimum absolute atomic E-state index is 0.264. The molecule has 0 aromatic heterocycles. The van der Waals surface area contributed by atoms with E-state index in [9.17, 15) is 18.5 Å². The Kier molecular flexibility index (Phi) is 6.06. The minimum atomic E-state index is -3.95. The van der Waals surface area contributed by atoms with Gasteiger partial charge in [-0.2, -0.15) is 0 Å². The Morgan fingerprint density at radius 2 is 2.10 bits per heavy atom. The van der Waals surface area contributed by atoms with Crippen LogP contribution in [0, 0.1) is 10.1 Å². The van der Waals surface area contributed by atoms with Crippen molar-refractivity contribution in [2.75, 3.05) is 5.43 Å². The lowest BCUT2D eigenvalue weighted by atomic mass is 10.2. The number of nitrogens with zero attached hydrogens (tertiary/aromatic N) is 1. The monoisotopic (exact) mass is 316 g/mol. The first-order valence-corrected chi connectivity index (χ1v) is 8.07. The smallest absolute Gasteiger partial charge is 0.291 e. The SMILES string of the molecule is CCCCC(C)NS(=O)(=O)c1ccc(NN)cc1[N+](=O)[O-]. The second-order valence-corrected chi connectivity index (χ2v) is 6.43. The van der Waals surface area contributed by atoms with Crippen LogP contribution < -0.4 is 16.0 Å². The van der Waals surface area contributed by atoms with E-state index in [0.29, 0.717) is 6.42 Å². The Labute approximate surface area is 123 Å². The van der Waals surface area contributed by atoms with Gasteiger partial charge in [-0.25, -0.2) is 13.1 Å². The first-order valence-electron chi connectivity index (χ1n) is 6.59. The predicted octanol–water partition coefficient (Wildman–Crippen LogP) is 1.74. The minimum Gasteiger partial charge on any atom is -0.324 e. The molecule has 0 aliphatic rings. The number of nitrogen functional groups attached to an aromatic ring is 1. The molecule has 21 heavy (non-hydrogen) atoms. The Hall–Kier alpha value is -1.71. The van der Waals surface area contributed by atoms with E-state index >= 15 is 0 Å². The highest BCUT2D eigenvalue weighted by molar-refractivity contribution is 7.89. The van der Waals surface area contributed by atoms with Crippen LogP contribution in [0.4, 0.5) is 11.4 Å². The van der Waals surface area contributed by atoms with Gasteiger partial charge < -0.3 is 5.43 Å². The van der Waals surface area contributed by atoms with Gasteiger partial charge in [0.25, 0.3) is 5.69 Å². The zero-order chi connectivity index (χ0) is 16.0. The number of nitrogens with two attached hydrogens (primary N) is 1. The summed E-state index contributed by atoms with van der Waals surface area (Å²) in [4.78, 5) is 9.93. The van der Waals surface area contributed by atoms with Gasteiger partial charge in [0.2, 0.25) is 10.0 Å². The number of unbranched alkanes of at least 4 members (excludes halogenated alkanes) is 1. The van der Waals surface area contributed by atoms with Crippen molar-refractivity contribution in [3.8, 4) is 0 Å². The van der Waals surface area contributed by atoms with Crippen molar-refractivity contribution in [3.05, 3.63) is 28.3 Å². The van der Waals surface area contributed by atoms with Crippen molar-refractivity contribution >= 4 is 21.4 Å². The van der Waals surface area contributed by atoms with Crippen LogP contribution in [-0.4, -0.2) is 19.4 Å². The van der Waals surface area contributed by atoms with Crippen LogP contribution in [0.25, 0.3) is 0 Å². The first kappa shape index (κ1) is 17.3. The maximum Gasteiger partial charge on any atom is 0.291 e. The summed E-state index contributed by atoms with van der Waals surface area (Å²) in [5, 5.41) is 11.0. The van der Waals surface area contributed by atoms with Crippen molar-refractivity contribution < 1.29 is 13.3 Å². The van der Waals surface area contributed by atoms with Crippen molar-refractivity contribution in [1.29, 1.82) is 0 Å². The van der Waals surface area contributed by atoms with E-state index in [0.717, 1.165) is 18.9 Å². The molecule has 0 fully saturated rings. The number of benzene rings is 1. The third-order valence-corrected chi connectivity index (χ3v) is 4.60. The lowest BCUT2D eigenvalue weighted by molar-refractivity contribution is -0.387. The van der Waals surface area contributed by atoms with E-state index in [1.54, 1.807) is 6.92 Å². The molecule has 4 N–H and O–H groups in total. The van der Waals surface area contributed by atoms with Crippen LogP contribution in [0.5, 0.6) is 0 Å². The Morgan fingerprint density at radius 3 is 2.62 bits per heavy atom. The summed E-state index contributed by atoms with van der Waals surface area (Å²) in [5.41, 5.74) is 2.00. The molecule has 8 nitrogen and oxygen atoms in total. The van der Waals surface area contributed by atoms with Crippen LogP contribution in [0.2, 0.25) is 0 Å². The number of nitro benzene ring substituents is 1. The van der Waals surface area contributed by atoms with Gasteiger partial charge in [-0.3, -0.25) is 16.0 Å². The van der Waals surface area contributed by atoms with Crippen molar-refractivity contribution in [1.82, 2.24) is 4.72 Å². The van der Waals surface area contributed by atoms with Gasteiger partial charge in [0.1, 0.15) is 0 Å². The molecule has 0 heterocycles. The van der Waals surface area contributed by atoms with E-state index in [1.165, 1.54) is 12.1 Å². The maximum atomic E-state index is 12.3. The number of hydrazine groups is 1. The normalized spacial score (nSPS) is 12.9. The quantitative estimate of drug-likeness (QED) is 0.381. The van der Waals surface area contributed by atoms with E-state index in [1.807, 2.05) is 6.92 Å². The van der Waals surface area contributed by atoms with E-state index < -0.39 is 20.6 Å². The fraction of sp³-hybridized carbons (Fsp3) is 0.500. The Bertz CT molecular complexity index is 603. The highest BCUT2D eigenvalue weighted by atomic mass is 32.2. The van der Waals surface area contributed by atoms with Gasteiger partial charge in [0.05, 0.1) is 10.6 Å². The van der Waals surface area contributed by atoms with E-state index in [4.69, 9.17) is 5.84 Å². The van der Waals surface area contributed by atoms with E-state index in [2.05, 4.69) is 10.1 Å². The molecule has 9 heteroatoms. The number of sulfonamides is 1. The van der Waals surface area contributed by atoms with Crippen molar-refractivity contribution in [2.45, 2.75) is 44.0 Å². The van der Waals surface area contributed by atoms with Crippen molar-refractivity contribution in [2.24, 2.45) is 5.84 Å². The second kappa shape index (κ2) is 7.34. The average molecular weight is 316 g/mol. The summed E-state index contributed by atoms with van der Waals surface area (Å²) < 4.78 is 27.0. The van der Waals surface area contributed by atoms with Gasteiger partial charge in [0.15, 0.2) is 4.90 Å². The summed E-state index contributed by atoms with van der Waals surface area (Å²) in [5.74, 6) is 5.18. The summed E-state index contributed by atoms with van der Waals surface area (Å²) >= 11 is 0. The molecular weight excluding hydrogens is 296 g/mol. The molecule has 0 aliphatic carbocycles. The molecule has 1 aromatic rings. The van der Waals surface area contributed by atoms with Crippen LogP contribution in [-0.2, 0) is 10.0 Å². The molecule has 0 radical (unpaired) electrons. The highest BCUT2D eigenvalue weighted by Gasteiger charge is 2.27. The molecule has 0 saturated carbocycles. The van der Waals surface area contributed by atoms with Crippen LogP contribution in [0.3, 0.4) is 0 Å². The predicted molar refractivity (Wildman–Crippen MR) is 80.2 cm³/mol. The maximum absolute atomic E-state index is 12.3. The van der Waals surface area contributed by atoms with Crippen LogP contribution in [0.1, 0.15) is 33.1 Å².